The van der Waals surface area contributed by atoms with Gasteiger partial charge in [0.05, 0.1) is 25.0 Å². The van der Waals surface area contributed by atoms with Crippen LogP contribution >= 0.6 is 0 Å². The smallest absolute Gasteiger partial charge is 0.325 e. The molecule has 0 saturated carbocycles. The lowest BCUT2D eigenvalue weighted by Crippen LogP contribution is -2.33. The average molecular weight is 316 g/mol. The van der Waals surface area contributed by atoms with Crippen molar-refractivity contribution in [2.45, 2.75) is 31.1 Å². The van der Waals surface area contributed by atoms with Gasteiger partial charge in [-0.3, -0.25) is 14.2 Å². The van der Waals surface area contributed by atoms with E-state index in [1.54, 1.807) is 10.9 Å². The molecule has 9 heteroatoms. The molecule has 0 radical (unpaired) electrons. The molecule has 2 N–H and O–H groups in total. The average Bonchev–Trinajstić information content (AvgIpc) is 2.94. The highest BCUT2D eigenvalue weighted by Gasteiger charge is 2.29. The summed E-state index contributed by atoms with van der Waals surface area (Å²) in [5.41, 5.74) is 0.351. The molecule has 0 aliphatic carbocycles. The third kappa shape index (κ3) is 3.73. The quantitative estimate of drug-likeness (QED) is 0.748. The van der Waals surface area contributed by atoms with E-state index in [2.05, 4.69) is 19.9 Å². The van der Waals surface area contributed by atoms with E-state index in [0.717, 1.165) is 33.0 Å². The fourth-order valence-electron chi connectivity index (χ4n) is 2.21. The minimum absolute atomic E-state index is 0.266. The van der Waals surface area contributed by atoms with Gasteiger partial charge in [0, 0.05) is 6.20 Å². The van der Waals surface area contributed by atoms with Crippen molar-refractivity contribution in [1.29, 1.82) is 0 Å². The van der Waals surface area contributed by atoms with E-state index < -0.39 is 21.2 Å². The first-order valence-electron chi connectivity index (χ1n) is 6.78. The second-order valence-electron chi connectivity index (χ2n) is 5.00. The number of nitrogens with zero attached hydrogens (tertiary/aromatic N) is 2. The van der Waals surface area contributed by atoms with Crippen molar-refractivity contribution in [1.82, 2.24) is 15.1 Å². The van der Waals surface area contributed by atoms with Crippen molar-refractivity contribution in [2.75, 3.05) is 24.9 Å². The van der Waals surface area contributed by atoms with Gasteiger partial charge >= 0.3 is 5.97 Å². The van der Waals surface area contributed by atoms with Crippen LogP contribution in [0.2, 0.25) is 0 Å². The maximum Gasteiger partial charge on any atom is 0.325 e. The molecule has 1 aliphatic heterocycles. The highest BCUT2D eigenvalue weighted by atomic mass is 32.2. The summed E-state index contributed by atoms with van der Waals surface area (Å²) in [4.78, 5) is 11.3. The Morgan fingerprint density at radius 3 is 2.81 bits per heavy atom. The SMILES string of the molecule is COC(=O)C(C)S(=O)(=O)Nc1cnn(C2CCNCC2)c1. The second kappa shape index (κ2) is 6.44. The molecule has 0 spiro atoms. The van der Waals surface area contributed by atoms with Gasteiger partial charge in [0.25, 0.3) is 0 Å². The van der Waals surface area contributed by atoms with Gasteiger partial charge in [0.2, 0.25) is 10.0 Å². The molecule has 0 amide bonds. The summed E-state index contributed by atoms with van der Waals surface area (Å²) in [6.45, 7) is 3.13. The Kier molecular flexibility index (Phi) is 4.84. The maximum atomic E-state index is 12.0. The van der Waals surface area contributed by atoms with Crippen LogP contribution in [0.1, 0.15) is 25.8 Å². The number of hydrogen-bond acceptors (Lipinski definition) is 6. The Morgan fingerprint density at radius 1 is 1.52 bits per heavy atom. The number of esters is 1. The van der Waals surface area contributed by atoms with Gasteiger partial charge in [0.15, 0.2) is 5.25 Å². The first kappa shape index (κ1) is 15.8. The minimum Gasteiger partial charge on any atom is -0.468 e. The van der Waals surface area contributed by atoms with E-state index in [-0.39, 0.29) is 6.04 Å². The molecule has 0 bridgehead atoms. The summed E-state index contributed by atoms with van der Waals surface area (Å²) in [5, 5.41) is 6.18. The topological polar surface area (TPSA) is 102 Å². The van der Waals surface area contributed by atoms with Crippen LogP contribution in [-0.4, -0.2) is 49.6 Å². The fourth-order valence-corrected chi connectivity index (χ4v) is 3.17. The summed E-state index contributed by atoms with van der Waals surface area (Å²) in [6.07, 6.45) is 5.00. The first-order valence-corrected chi connectivity index (χ1v) is 8.33. The summed E-state index contributed by atoms with van der Waals surface area (Å²) in [5.74, 6) is -0.798. The Morgan fingerprint density at radius 2 is 2.19 bits per heavy atom. The molecular weight excluding hydrogens is 296 g/mol. The largest absolute Gasteiger partial charge is 0.468 e. The van der Waals surface area contributed by atoms with Crippen LogP contribution in [0.3, 0.4) is 0 Å². The van der Waals surface area contributed by atoms with E-state index in [0.29, 0.717) is 5.69 Å². The highest BCUT2D eigenvalue weighted by molar-refractivity contribution is 7.94. The molecule has 1 aliphatic rings. The van der Waals surface area contributed by atoms with Gasteiger partial charge in [-0.05, 0) is 32.9 Å². The third-order valence-electron chi connectivity index (χ3n) is 3.54. The van der Waals surface area contributed by atoms with Crippen molar-refractivity contribution in [3.05, 3.63) is 12.4 Å². The van der Waals surface area contributed by atoms with Crippen molar-refractivity contribution < 1.29 is 17.9 Å². The van der Waals surface area contributed by atoms with E-state index in [1.807, 2.05) is 0 Å². The molecule has 0 aromatic carbocycles. The molecule has 118 valence electrons. The molecule has 21 heavy (non-hydrogen) atoms. The van der Waals surface area contributed by atoms with E-state index in [9.17, 15) is 13.2 Å². The Hall–Kier alpha value is -1.61. The van der Waals surface area contributed by atoms with Gasteiger partial charge in [0.1, 0.15) is 0 Å². The third-order valence-corrected chi connectivity index (χ3v) is 5.19. The Labute approximate surface area is 123 Å². The molecule has 1 atom stereocenters. The second-order valence-corrected chi connectivity index (χ2v) is 7.00. The van der Waals surface area contributed by atoms with Crippen molar-refractivity contribution >= 4 is 21.7 Å². The lowest BCUT2D eigenvalue weighted by atomic mass is 10.1. The number of sulfonamides is 1. The normalized spacial score (nSPS) is 18.2. The van der Waals surface area contributed by atoms with Crippen molar-refractivity contribution in [3.8, 4) is 0 Å². The Bertz CT molecular complexity index is 592. The van der Waals surface area contributed by atoms with E-state index in [1.165, 1.54) is 13.1 Å². The summed E-state index contributed by atoms with van der Waals surface area (Å²) in [6, 6.07) is 0.266. The standard InChI is InChI=1S/C12H20N4O4S/c1-9(12(17)20-2)21(18,19)15-10-7-14-16(8-10)11-3-5-13-6-4-11/h7-9,11,13,15H,3-6H2,1-2H3. The first-order chi connectivity index (χ1) is 9.94. The van der Waals surface area contributed by atoms with Gasteiger partial charge in [-0.1, -0.05) is 0 Å². The summed E-state index contributed by atoms with van der Waals surface area (Å²) in [7, 11) is -2.68. The van der Waals surface area contributed by atoms with Crippen LogP contribution in [0.4, 0.5) is 5.69 Å². The van der Waals surface area contributed by atoms with Crippen LogP contribution in [0.15, 0.2) is 12.4 Å². The zero-order valence-electron chi connectivity index (χ0n) is 12.1. The van der Waals surface area contributed by atoms with Crippen LogP contribution in [0, 0.1) is 0 Å². The number of anilines is 1. The number of hydrogen-bond donors (Lipinski definition) is 2. The van der Waals surface area contributed by atoms with Crippen LogP contribution in [0.25, 0.3) is 0 Å². The molecule has 1 fully saturated rings. The van der Waals surface area contributed by atoms with E-state index >= 15 is 0 Å². The number of aromatic nitrogens is 2. The lowest BCUT2D eigenvalue weighted by Gasteiger charge is -2.22. The minimum atomic E-state index is -3.83. The number of rotatable bonds is 5. The molecule has 1 aromatic heterocycles. The monoisotopic (exact) mass is 316 g/mol. The fraction of sp³-hybridized carbons (Fsp3) is 0.667. The number of ether oxygens (including phenoxy) is 1. The number of carbonyl (C=O) groups is 1. The highest BCUT2D eigenvalue weighted by Crippen LogP contribution is 2.20. The molecule has 8 nitrogen and oxygen atoms in total. The van der Waals surface area contributed by atoms with Gasteiger partial charge in [-0.25, -0.2) is 8.42 Å². The summed E-state index contributed by atoms with van der Waals surface area (Å²) >= 11 is 0. The maximum absolute atomic E-state index is 12.0. The Balaban J connectivity index is 2.06. The number of methoxy groups -OCH3 is 1. The van der Waals surface area contributed by atoms with E-state index in [4.69, 9.17) is 0 Å². The number of piperidine rings is 1. The van der Waals surface area contributed by atoms with Gasteiger partial charge in [-0.2, -0.15) is 5.10 Å². The number of carbonyl (C=O) groups excluding carboxylic acids is 1. The van der Waals surface area contributed by atoms with Crippen LogP contribution in [-0.2, 0) is 19.6 Å². The van der Waals surface area contributed by atoms with Crippen molar-refractivity contribution in [3.63, 3.8) is 0 Å². The predicted molar refractivity (Wildman–Crippen MR) is 77.4 cm³/mol. The number of nitrogens with one attached hydrogen (secondary N) is 2. The van der Waals surface area contributed by atoms with Gasteiger partial charge < -0.3 is 10.1 Å². The van der Waals surface area contributed by atoms with Crippen molar-refractivity contribution in [2.24, 2.45) is 0 Å². The molecule has 1 aromatic rings. The molecule has 2 heterocycles. The molecule has 1 saturated heterocycles. The molecular formula is C12H20N4O4S. The van der Waals surface area contributed by atoms with Gasteiger partial charge in [-0.15, -0.1) is 0 Å². The molecule has 2 rings (SSSR count). The lowest BCUT2D eigenvalue weighted by molar-refractivity contribution is -0.139. The summed E-state index contributed by atoms with van der Waals surface area (Å²) < 4.78 is 32.6. The zero-order valence-corrected chi connectivity index (χ0v) is 12.9. The molecule has 1 unspecified atom stereocenters. The zero-order chi connectivity index (χ0) is 15.5. The predicted octanol–water partition coefficient (Wildman–Crippen LogP) is 0.111. The van der Waals surface area contributed by atoms with Crippen LogP contribution in [0.5, 0.6) is 0 Å². The van der Waals surface area contributed by atoms with Crippen LogP contribution < -0.4 is 10.0 Å².